The molecule has 0 atom stereocenters. The lowest BCUT2D eigenvalue weighted by atomic mass is 10.1. The molecule has 2 aromatic rings. The van der Waals surface area contributed by atoms with E-state index in [9.17, 15) is 5.26 Å². The third-order valence-corrected chi connectivity index (χ3v) is 5.96. The first-order valence-corrected chi connectivity index (χ1v) is 11.0. The van der Waals surface area contributed by atoms with Crippen molar-refractivity contribution in [2.24, 2.45) is 0 Å². The molecule has 0 amide bonds. The molecule has 1 aromatic carbocycles. The first-order valence-electron chi connectivity index (χ1n) is 11.0. The summed E-state index contributed by atoms with van der Waals surface area (Å²) in [6.45, 7) is 7.19. The average molecular weight is 416 g/mol. The summed E-state index contributed by atoms with van der Waals surface area (Å²) in [5, 5.41) is 9.26. The van der Waals surface area contributed by atoms with Crippen LogP contribution < -0.4 is 9.80 Å². The van der Waals surface area contributed by atoms with Gasteiger partial charge in [0.2, 0.25) is 0 Å². The van der Waals surface area contributed by atoms with Crippen LogP contribution in [0.25, 0.3) is 0 Å². The van der Waals surface area contributed by atoms with E-state index in [-0.39, 0.29) is 6.10 Å². The van der Waals surface area contributed by atoms with Gasteiger partial charge in [0.1, 0.15) is 18.5 Å². The van der Waals surface area contributed by atoms with Crippen LogP contribution in [-0.2, 0) is 4.74 Å². The molecule has 2 aliphatic heterocycles. The van der Waals surface area contributed by atoms with Gasteiger partial charge in [0.25, 0.3) is 0 Å². The summed E-state index contributed by atoms with van der Waals surface area (Å²) < 4.78 is 5.98. The van der Waals surface area contributed by atoms with Crippen LogP contribution in [0.3, 0.4) is 0 Å². The smallest absolute Gasteiger partial charge is 0.146 e. The van der Waals surface area contributed by atoms with Crippen molar-refractivity contribution in [2.45, 2.75) is 18.9 Å². The molecule has 2 aliphatic rings. The molecule has 0 radical (unpaired) electrons. The zero-order chi connectivity index (χ0) is 21.3. The minimum absolute atomic E-state index is 0.231. The Hall–Kier alpha value is -3.06. The van der Waals surface area contributed by atoms with Crippen molar-refractivity contribution in [1.82, 2.24) is 9.88 Å². The molecule has 4 rings (SSSR count). The highest BCUT2D eigenvalue weighted by atomic mass is 16.5. The number of nitrogens with zero attached hydrogens (tertiary/aromatic N) is 5. The summed E-state index contributed by atoms with van der Waals surface area (Å²) in [7, 11) is 0. The second-order valence-corrected chi connectivity index (χ2v) is 7.94. The molecule has 0 saturated carbocycles. The molecule has 2 fully saturated rings. The Morgan fingerprint density at radius 1 is 0.903 bits per heavy atom. The first kappa shape index (κ1) is 21.2. The number of piperazine rings is 1. The Labute approximate surface area is 185 Å². The monoisotopic (exact) mass is 415 g/mol. The molecule has 0 unspecified atom stereocenters. The lowest BCUT2D eigenvalue weighted by molar-refractivity contribution is 0.0593. The molecule has 1 aromatic heterocycles. The van der Waals surface area contributed by atoms with Crippen molar-refractivity contribution in [3.63, 3.8) is 0 Å². The van der Waals surface area contributed by atoms with Crippen molar-refractivity contribution in [2.75, 3.05) is 62.2 Å². The maximum Gasteiger partial charge on any atom is 0.146 e. The number of piperidine rings is 1. The van der Waals surface area contributed by atoms with Gasteiger partial charge >= 0.3 is 0 Å². The Bertz CT molecular complexity index is 930. The predicted molar refractivity (Wildman–Crippen MR) is 123 cm³/mol. The van der Waals surface area contributed by atoms with Gasteiger partial charge in [-0.1, -0.05) is 30.0 Å². The number of ether oxygens (including phenoxy) is 1. The fourth-order valence-electron chi connectivity index (χ4n) is 4.15. The standard InChI is InChI=1S/C25H29N5O/c26-21-22-7-6-12-27-25(22)30-14-10-24(11-15-30)31-20-5-4-13-28-16-18-29(19-17-28)23-8-2-1-3-9-23/h1-3,6-9,12,24H,10-11,13-20H2. The molecule has 6 heteroatoms. The van der Waals surface area contributed by atoms with Crippen LogP contribution in [0, 0.1) is 23.2 Å². The SMILES string of the molecule is N#Cc1cccnc1N1CCC(OCC#CCN2CCN(c3ccccc3)CC2)CC1. The molecule has 3 heterocycles. The summed E-state index contributed by atoms with van der Waals surface area (Å²) in [6, 6.07) is 16.5. The Morgan fingerprint density at radius 2 is 1.68 bits per heavy atom. The highest BCUT2D eigenvalue weighted by Crippen LogP contribution is 2.22. The minimum Gasteiger partial charge on any atom is -0.369 e. The largest absolute Gasteiger partial charge is 0.369 e. The number of benzene rings is 1. The highest BCUT2D eigenvalue weighted by molar-refractivity contribution is 5.53. The van der Waals surface area contributed by atoms with Crippen LogP contribution in [0.2, 0.25) is 0 Å². The van der Waals surface area contributed by atoms with Gasteiger partial charge < -0.3 is 14.5 Å². The molecule has 0 aliphatic carbocycles. The van der Waals surface area contributed by atoms with E-state index in [0.29, 0.717) is 12.2 Å². The van der Waals surface area contributed by atoms with Crippen molar-refractivity contribution >= 4 is 11.5 Å². The van der Waals surface area contributed by atoms with E-state index in [2.05, 4.69) is 67.9 Å². The number of hydrogen-bond donors (Lipinski definition) is 0. The Morgan fingerprint density at radius 3 is 2.42 bits per heavy atom. The van der Waals surface area contributed by atoms with Gasteiger partial charge in [-0.15, -0.1) is 0 Å². The zero-order valence-electron chi connectivity index (χ0n) is 17.9. The molecule has 31 heavy (non-hydrogen) atoms. The fraction of sp³-hybridized carbons (Fsp3) is 0.440. The molecule has 0 spiro atoms. The highest BCUT2D eigenvalue weighted by Gasteiger charge is 2.22. The number of rotatable bonds is 5. The van der Waals surface area contributed by atoms with E-state index in [4.69, 9.17) is 4.74 Å². The van der Waals surface area contributed by atoms with Gasteiger partial charge in [-0.05, 0) is 37.1 Å². The lowest BCUT2D eigenvalue weighted by Crippen LogP contribution is -2.46. The van der Waals surface area contributed by atoms with Gasteiger partial charge in [-0.25, -0.2) is 4.98 Å². The minimum atomic E-state index is 0.231. The molecule has 2 saturated heterocycles. The van der Waals surface area contributed by atoms with Gasteiger partial charge in [-0.2, -0.15) is 5.26 Å². The zero-order valence-corrected chi connectivity index (χ0v) is 17.9. The van der Waals surface area contributed by atoms with E-state index in [0.717, 1.165) is 64.5 Å². The number of pyridine rings is 1. The number of anilines is 2. The van der Waals surface area contributed by atoms with E-state index in [1.54, 1.807) is 12.3 Å². The van der Waals surface area contributed by atoms with Crippen molar-refractivity contribution in [1.29, 1.82) is 5.26 Å². The summed E-state index contributed by atoms with van der Waals surface area (Å²) in [6.07, 6.45) is 3.85. The van der Waals surface area contributed by atoms with Crippen LogP contribution in [0.4, 0.5) is 11.5 Å². The van der Waals surface area contributed by atoms with E-state index in [1.807, 2.05) is 6.07 Å². The Kier molecular flexibility index (Phi) is 7.39. The molecule has 0 N–H and O–H groups in total. The average Bonchev–Trinajstić information content (AvgIpc) is 2.85. The van der Waals surface area contributed by atoms with E-state index in [1.165, 1.54) is 5.69 Å². The van der Waals surface area contributed by atoms with Crippen LogP contribution in [0.1, 0.15) is 18.4 Å². The van der Waals surface area contributed by atoms with Crippen LogP contribution in [0.15, 0.2) is 48.7 Å². The third-order valence-electron chi connectivity index (χ3n) is 5.96. The molecule has 6 nitrogen and oxygen atoms in total. The Balaban J connectivity index is 1.13. The third kappa shape index (κ3) is 5.76. The molecular formula is C25H29N5O. The number of aromatic nitrogens is 1. The number of nitriles is 1. The van der Waals surface area contributed by atoms with E-state index < -0.39 is 0 Å². The van der Waals surface area contributed by atoms with Crippen LogP contribution in [-0.4, -0.2) is 68.4 Å². The lowest BCUT2D eigenvalue weighted by Gasteiger charge is -2.35. The molecule has 160 valence electrons. The first-order chi connectivity index (χ1) is 15.3. The van der Waals surface area contributed by atoms with Gasteiger partial charge in [-0.3, -0.25) is 4.90 Å². The summed E-state index contributed by atoms with van der Waals surface area (Å²) in [5.74, 6) is 7.25. The summed E-state index contributed by atoms with van der Waals surface area (Å²) in [4.78, 5) is 11.4. The molecule has 0 bridgehead atoms. The molecular weight excluding hydrogens is 386 g/mol. The normalized spacial score (nSPS) is 17.6. The second kappa shape index (κ2) is 10.8. The summed E-state index contributed by atoms with van der Waals surface area (Å²) >= 11 is 0. The van der Waals surface area contributed by atoms with Crippen molar-refractivity contribution in [3.8, 4) is 17.9 Å². The topological polar surface area (TPSA) is 55.6 Å². The maximum atomic E-state index is 9.26. The fourth-order valence-corrected chi connectivity index (χ4v) is 4.15. The number of hydrogen-bond acceptors (Lipinski definition) is 6. The van der Waals surface area contributed by atoms with Crippen LogP contribution >= 0.6 is 0 Å². The second-order valence-electron chi connectivity index (χ2n) is 7.94. The van der Waals surface area contributed by atoms with Crippen LogP contribution in [0.5, 0.6) is 0 Å². The van der Waals surface area contributed by atoms with Gasteiger partial charge in [0, 0.05) is 51.2 Å². The quantitative estimate of drug-likeness (QED) is 0.700. The van der Waals surface area contributed by atoms with Gasteiger partial charge in [0.05, 0.1) is 18.2 Å². The van der Waals surface area contributed by atoms with Gasteiger partial charge in [0.15, 0.2) is 0 Å². The summed E-state index contributed by atoms with van der Waals surface area (Å²) in [5.41, 5.74) is 1.94. The van der Waals surface area contributed by atoms with E-state index >= 15 is 0 Å². The number of para-hydroxylation sites is 1. The van der Waals surface area contributed by atoms with Crippen molar-refractivity contribution in [3.05, 3.63) is 54.2 Å². The maximum absolute atomic E-state index is 9.26. The van der Waals surface area contributed by atoms with Crippen molar-refractivity contribution < 1.29 is 4.74 Å². The predicted octanol–water partition coefficient (Wildman–Crippen LogP) is 2.76.